The summed E-state index contributed by atoms with van der Waals surface area (Å²) in [5, 5.41) is 28.0. The molecule has 1 rings (SSSR count). The first kappa shape index (κ1) is 12.2. The number of carbonyl (C=O) groups is 2. The molecule has 7 nitrogen and oxygen atoms in total. The molecule has 1 aliphatic carbocycles. The van der Waals surface area contributed by atoms with Crippen LogP contribution < -0.4 is 0 Å². The highest BCUT2D eigenvalue weighted by Gasteiger charge is 2.80. The minimum Gasteiger partial charge on any atom is -0.480 e. The second-order valence-corrected chi connectivity index (χ2v) is 4.24. The molecule has 1 saturated carbocycles. The van der Waals surface area contributed by atoms with Crippen molar-refractivity contribution in [3.05, 3.63) is 22.4 Å². The van der Waals surface area contributed by atoms with Crippen LogP contribution in [0.5, 0.6) is 0 Å². The molecule has 1 unspecified atom stereocenters. The second-order valence-electron chi connectivity index (χ2n) is 4.24. The van der Waals surface area contributed by atoms with Gasteiger partial charge >= 0.3 is 11.9 Å². The smallest absolute Gasteiger partial charge is 0.322 e. The first-order valence-corrected chi connectivity index (χ1v) is 4.47. The molecule has 1 fully saturated rings. The van der Waals surface area contributed by atoms with Gasteiger partial charge in [-0.1, -0.05) is 13.8 Å². The predicted molar refractivity (Wildman–Crippen MR) is 51.1 cm³/mol. The zero-order valence-corrected chi connectivity index (χ0v) is 8.71. The lowest BCUT2D eigenvalue weighted by Gasteiger charge is -2.08. The molecule has 0 spiro atoms. The molecule has 0 amide bonds. The Hall–Kier alpha value is -1.92. The second kappa shape index (κ2) is 3.29. The van der Waals surface area contributed by atoms with Gasteiger partial charge in [-0.15, -0.1) is 0 Å². The number of nitro groups is 1. The Kier molecular flexibility index (Phi) is 2.50. The van der Waals surface area contributed by atoms with E-state index >= 15 is 0 Å². The van der Waals surface area contributed by atoms with Gasteiger partial charge in [-0.2, -0.15) is 0 Å². The van der Waals surface area contributed by atoms with Crippen molar-refractivity contribution in [2.24, 2.45) is 16.7 Å². The Morgan fingerprint density at radius 1 is 1.31 bits per heavy atom. The zero-order valence-electron chi connectivity index (χ0n) is 8.71. The lowest BCUT2D eigenvalue weighted by Crippen LogP contribution is -2.30. The van der Waals surface area contributed by atoms with Crippen molar-refractivity contribution in [2.45, 2.75) is 13.8 Å². The van der Waals surface area contributed by atoms with Gasteiger partial charge in [0.15, 0.2) is 5.41 Å². The van der Waals surface area contributed by atoms with Crippen LogP contribution in [0, 0.1) is 26.9 Å². The van der Waals surface area contributed by atoms with Crippen LogP contribution >= 0.6 is 0 Å². The lowest BCUT2D eigenvalue weighted by molar-refractivity contribution is -0.402. The van der Waals surface area contributed by atoms with E-state index in [0.717, 1.165) is 6.08 Å². The Balaban J connectivity index is 3.11. The number of aliphatic carboxylic acids is 2. The Labute approximate surface area is 90.5 Å². The van der Waals surface area contributed by atoms with E-state index in [-0.39, 0.29) is 0 Å². The average molecular weight is 229 g/mol. The average Bonchev–Trinajstić information content (AvgIpc) is 2.59. The molecule has 0 aromatic heterocycles. The van der Waals surface area contributed by atoms with Gasteiger partial charge in [-0.3, -0.25) is 19.7 Å². The van der Waals surface area contributed by atoms with Crippen LogP contribution in [0.4, 0.5) is 0 Å². The summed E-state index contributed by atoms with van der Waals surface area (Å²) in [7, 11) is 0. The van der Waals surface area contributed by atoms with E-state index in [9.17, 15) is 19.7 Å². The summed E-state index contributed by atoms with van der Waals surface area (Å²) in [6.07, 6.45) is 1.61. The molecule has 0 aromatic rings. The summed E-state index contributed by atoms with van der Waals surface area (Å²) < 4.78 is 0. The lowest BCUT2D eigenvalue weighted by atomic mass is 9.96. The van der Waals surface area contributed by atoms with Gasteiger partial charge in [-0.05, 0) is 6.08 Å². The molecule has 0 aromatic carbocycles. The van der Waals surface area contributed by atoms with Crippen LogP contribution in [0.3, 0.4) is 0 Å². The van der Waals surface area contributed by atoms with Crippen molar-refractivity contribution in [3.63, 3.8) is 0 Å². The van der Waals surface area contributed by atoms with E-state index in [1.807, 2.05) is 0 Å². The molecule has 88 valence electrons. The van der Waals surface area contributed by atoms with Crippen LogP contribution in [-0.2, 0) is 9.59 Å². The summed E-state index contributed by atoms with van der Waals surface area (Å²) in [5.41, 5.74) is -2.99. The molecular weight excluding hydrogens is 218 g/mol. The molecular formula is C9H11NO6. The number of rotatable bonds is 4. The molecule has 0 aliphatic heterocycles. The van der Waals surface area contributed by atoms with Crippen LogP contribution in [0.1, 0.15) is 13.8 Å². The van der Waals surface area contributed by atoms with E-state index in [1.165, 1.54) is 13.8 Å². The monoisotopic (exact) mass is 229 g/mol. The predicted octanol–water partition coefficient (Wildman–Crippen LogP) is 0.588. The Morgan fingerprint density at radius 2 is 1.75 bits per heavy atom. The zero-order chi connectivity index (χ0) is 12.7. The molecule has 0 radical (unpaired) electrons. The van der Waals surface area contributed by atoms with Crippen LogP contribution in [0.2, 0.25) is 0 Å². The van der Waals surface area contributed by atoms with E-state index in [1.54, 1.807) is 0 Å². The summed E-state index contributed by atoms with van der Waals surface area (Å²) in [6.45, 7) is 2.92. The van der Waals surface area contributed by atoms with Crippen LogP contribution in [0.25, 0.3) is 0 Å². The fraction of sp³-hybridized carbons (Fsp3) is 0.556. The maximum Gasteiger partial charge on any atom is 0.322 e. The van der Waals surface area contributed by atoms with Crippen LogP contribution in [0.15, 0.2) is 12.3 Å². The van der Waals surface area contributed by atoms with Gasteiger partial charge < -0.3 is 10.2 Å². The molecule has 0 bridgehead atoms. The third-order valence-electron chi connectivity index (χ3n) is 3.25. The summed E-state index contributed by atoms with van der Waals surface area (Å²) in [5.74, 6) is -3.81. The van der Waals surface area contributed by atoms with Gasteiger partial charge in [0.25, 0.3) is 0 Å². The largest absolute Gasteiger partial charge is 0.480 e. The molecule has 1 aliphatic rings. The summed E-state index contributed by atoms with van der Waals surface area (Å²) in [6, 6.07) is 0. The van der Waals surface area contributed by atoms with Crippen molar-refractivity contribution >= 4 is 11.9 Å². The minimum absolute atomic E-state index is 0.583. The molecule has 2 N–H and O–H groups in total. The fourth-order valence-electron chi connectivity index (χ4n) is 2.25. The topological polar surface area (TPSA) is 118 Å². The maximum absolute atomic E-state index is 11.0. The summed E-state index contributed by atoms with van der Waals surface area (Å²) in [4.78, 5) is 31.4. The fourth-order valence-corrected chi connectivity index (χ4v) is 2.25. The highest BCUT2D eigenvalue weighted by atomic mass is 16.6. The highest BCUT2D eigenvalue weighted by molar-refractivity contribution is 6.04. The first-order valence-electron chi connectivity index (χ1n) is 4.47. The Morgan fingerprint density at radius 3 is 2.00 bits per heavy atom. The van der Waals surface area contributed by atoms with Crippen molar-refractivity contribution in [3.8, 4) is 0 Å². The third-order valence-corrected chi connectivity index (χ3v) is 3.25. The van der Waals surface area contributed by atoms with Gasteiger partial charge in [0, 0.05) is 11.3 Å². The minimum atomic E-state index is -1.96. The molecule has 7 heteroatoms. The van der Waals surface area contributed by atoms with Crippen molar-refractivity contribution in [2.75, 3.05) is 0 Å². The molecule has 1 atom stereocenters. The van der Waals surface area contributed by atoms with E-state index in [4.69, 9.17) is 10.2 Å². The van der Waals surface area contributed by atoms with Crippen molar-refractivity contribution in [1.29, 1.82) is 0 Å². The highest BCUT2D eigenvalue weighted by Crippen LogP contribution is 2.69. The number of carboxylic acid groups (broad SMARTS) is 2. The number of hydrogen-bond donors (Lipinski definition) is 2. The van der Waals surface area contributed by atoms with Crippen molar-refractivity contribution < 1.29 is 24.7 Å². The van der Waals surface area contributed by atoms with Crippen molar-refractivity contribution in [1.82, 2.24) is 0 Å². The molecule has 0 heterocycles. The van der Waals surface area contributed by atoms with Crippen LogP contribution in [-0.4, -0.2) is 27.1 Å². The number of nitrogens with zero attached hydrogens (tertiary/aromatic N) is 1. The third kappa shape index (κ3) is 1.28. The van der Waals surface area contributed by atoms with Gasteiger partial charge in [-0.25, -0.2) is 0 Å². The number of allylic oxidation sites excluding steroid dienone is 1. The normalized spacial score (nSPS) is 25.2. The van der Waals surface area contributed by atoms with E-state index in [0.29, 0.717) is 6.20 Å². The molecule has 16 heavy (non-hydrogen) atoms. The van der Waals surface area contributed by atoms with Gasteiger partial charge in [0.1, 0.15) is 0 Å². The molecule has 0 saturated heterocycles. The van der Waals surface area contributed by atoms with Gasteiger partial charge in [0.05, 0.1) is 4.92 Å². The first-order chi connectivity index (χ1) is 7.19. The maximum atomic E-state index is 11.0. The summed E-state index contributed by atoms with van der Waals surface area (Å²) >= 11 is 0. The number of carboxylic acids is 2. The van der Waals surface area contributed by atoms with E-state index in [2.05, 4.69) is 0 Å². The standard InChI is InChI=1S/C9H11NO6/c1-8(2)5(3-4-10(15)16)9(8,6(11)12)7(13)14/h3-5H,1-2H3,(H,11,12)(H,13,14)/b4-3+. The van der Waals surface area contributed by atoms with Gasteiger partial charge in [0.2, 0.25) is 6.20 Å². The quantitative estimate of drug-likeness (QED) is 0.413. The Bertz CT molecular complexity index is 383. The SMILES string of the molecule is CC1(C)C(/C=C/[N+](=O)[O-])C1(C(=O)O)C(=O)O. The van der Waals surface area contributed by atoms with E-state index < -0.39 is 33.6 Å². The number of hydrogen-bond acceptors (Lipinski definition) is 4.